The summed E-state index contributed by atoms with van der Waals surface area (Å²) in [7, 11) is 0. The van der Waals surface area contributed by atoms with E-state index in [0.29, 0.717) is 0 Å². The molecular formula is C13H19N3. The summed E-state index contributed by atoms with van der Waals surface area (Å²) in [5, 5.41) is 2.05. The zero-order chi connectivity index (χ0) is 11.4. The van der Waals surface area contributed by atoms with Gasteiger partial charge in [-0.15, -0.1) is 0 Å². The fraction of sp³-hybridized carbons (Fsp3) is 0.385. The Hall–Kier alpha value is -1.32. The first kappa shape index (κ1) is 11.2. The van der Waals surface area contributed by atoms with Gasteiger partial charge >= 0.3 is 0 Å². The van der Waals surface area contributed by atoms with Crippen LogP contribution in [0.25, 0.3) is 6.08 Å². The molecule has 86 valence electrons. The summed E-state index contributed by atoms with van der Waals surface area (Å²) >= 11 is 0. The molecule has 0 aliphatic carbocycles. The van der Waals surface area contributed by atoms with Gasteiger partial charge in [-0.2, -0.15) is 0 Å². The first-order chi connectivity index (χ1) is 7.83. The van der Waals surface area contributed by atoms with E-state index in [9.17, 15) is 0 Å². The minimum Gasteiger partial charge on any atom is -0.307 e. The fourth-order valence-electron chi connectivity index (χ4n) is 1.86. The number of nitrogens with one attached hydrogen (secondary N) is 1. The molecule has 0 saturated carbocycles. The first-order valence-corrected chi connectivity index (χ1v) is 5.88. The largest absolute Gasteiger partial charge is 0.307 e. The number of fused-ring (bicyclic) bond motifs is 1. The number of hydrogen-bond donors (Lipinski definition) is 2. The molecule has 0 aromatic heterocycles. The van der Waals surface area contributed by atoms with E-state index in [0.717, 1.165) is 18.7 Å². The quantitative estimate of drug-likeness (QED) is 0.759. The van der Waals surface area contributed by atoms with Crippen LogP contribution in [0.1, 0.15) is 25.3 Å². The number of unbranched alkanes of at least 4 members (excludes halogenated alkanes) is 1. The van der Waals surface area contributed by atoms with Gasteiger partial charge in [-0.3, -0.25) is 5.01 Å². The molecular weight excluding hydrogens is 198 g/mol. The van der Waals surface area contributed by atoms with Crippen LogP contribution in [0.5, 0.6) is 0 Å². The number of anilines is 1. The summed E-state index contributed by atoms with van der Waals surface area (Å²) in [6, 6.07) is 8.29. The van der Waals surface area contributed by atoms with Crippen LogP contribution in [0.4, 0.5) is 5.69 Å². The van der Waals surface area contributed by atoms with Crippen LogP contribution in [0.3, 0.4) is 0 Å². The Bertz CT molecular complexity index is 373. The SMILES string of the molecule is CCCCNN1c2ccccc2C=CC1N. The lowest BCUT2D eigenvalue weighted by molar-refractivity contribution is 0.555. The Kier molecular flexibility index (Phi) is 3.59. The van der Waals surface area contributed by atoms with Crippen LogP contribution in [-0.2, 0) is 0 Å². The van der Waals surface area contributed by atoms with Crippen LogP contribution in [0, 0.1) is 0 Å². The normalized spacial score (nSPS) is 18.6. The molecule has 1 atom stereocenters. The number of rotatable bonds is 4. The molecule has 1 aliphatic heterocycles. The maximum Gasteiger partial charge on any atom is 0.111 e. The Balaban J connectivity index is 2.14. The number of hydrazine groups is 1. The molecule has 0 bridgehead atoms. The van der Waals surface area contributed by atoms with E-state index in [1.807, 2.05) is 23.2 Å². The molecule has 1 aromatic carbocycles. The Labute approximate surface area is 96.9 Å². The fourth-order valence-corrected chi connectivity index (χ4v) is 1.86. The molecule has 3 N–H and O–H groups in total. The van der Waals surface area contributed by atoms with E-state index in [-0.39, 0.29) is 6.17 Å². The molecule has 3 nitrogen and oxygen atoms in total. The van der Waals surface area contributed by atoms with E-state index >= 15 is 0 Å². The van der Waals surface area contributed by atoms with Crippen molar-refractivity contribution in [2.45, 2.75) is 25.9 Å². The average molecular weight is 217 g/mol. The molecule has 1 unspecified atom stereocenters. The highest BCUT2D eigenvalue weighted by Crippen LogP contribution is 2.25. The third-order valence-corrected chi connectivity index (χ3v) is 2.78. The van der Waals surface area contributed by atoms with Crippen molar-refractivity contribution in [3.05, 3.63) is 35.9 Å². The van der Waals surface area contributed by atoms with Crippen LogP contribution >= 0.6 is 0 Å². The minimum atomic E-state index is -0.0771. The summed E-state index contributed by atoms with van der Waals surface area (Å²) < 4.78 is 0. The highest BCUT2D eigenvalue weighted by atomic mass is 15.5. The zero-order valence-electron chi connectivity index (χ0n) is 9.69. The molecule has 1 aliphatic rings. The van der Waals surface area contributed by atoms with E-state index in [1.165, 1.54) is 12.0 Å². The predicted octanol–water partition coefficient (Wildman–Crippen LogP) is 2.11. The Morgan fingerprint density at radius 3 is 3.00 bits per heavy atom. The molecule has 3 heteroatoms. The van der Waals surface area contributed by atoms with Crippen molar-refractivity contribution >= 4 is 11.8 Å². The zero-order valence-corrected chi connectivity index (χ0v) is 9.69. The molecule has 0 spiro atoms. The van der Waals surface area contributed by atoms with E-state index in [4.69, 9.17) is 5.73 Å². The summed E-state index contributed by atoms with van der Waals surface area (Å²) in [5.74, 6) is 0. The van der Waals surface area contributed by atoms with Crippen molar-refractivity contribution in [3.8, 4) is 0 Å². The standard InChI is InChI=1S/C13H19N3/c1-2-3-10-15-16-12-7-5-4-6-11(12)8-9-13(16)14/h4-9,13,15H,2-3,10,14H2,1H3. The molecule has 0 radical (unpaired) electrons. The van der Waals surface area contributed by atoms with Crippen LogP contribution < -0.4 is 16.2 Å². The summed E-state index contributed by atoms with van der Waals surface area (Å²) in [4.78, 5) is 0. The number of nitrogens with two attached hydrogens (primary N) is 1. The van der Waals surface area contributed by atoms with Gasteiger partial charge in [0.1, 0.15) is 6.17 Å². The third-order valence-electron chi connectivity index (χ3n) is 2.78. The monoisotopic (exact) mass is 217 g/mol. The molecule has 0 fully saturated rings. The third kappa shape index (κ3) is 2.26. The predicted molar refractivity (Wildman–Crippen MR) is 68.8 cm³/mol. The van der Waals surface area contributed by atoms with Gasteiger partial charge in [0.25, 0.3) is 0 Å². The van der Waals surface area contributed by atoms with Gasteiger partial charge in [0.2, 0.25) is 0 Å². The van der Waals surface area contributed by atoms with Gasteiger partial charge in [0, 0.05) is 6.54 Å². The van der Waals surface area contributed by atoms with Gasteiger partial charge in [0.15, 0.2) is 0 Å². The van der Waals surface area contributed by atoms with Gasteiger partial charge in [-0.1, -0.05) is 37.6 Å². The lowest BCUT2D eigenvalue weighted by Crippen LogP contribution is -2.51. The van der Waals surface area contributed by atoms with Gasteiger partial charge in [-0.05, 0) is 24.1 Å². The van der Waals surface area contributed by atoms with Crippen LogP contribution in [0.15, 0.2) is 30.3 Å². The number of hydrogen-bond acceptors (Lipinski definition) is 3. The first-order valence-electron chi connectivity index (χ1n) is 5.88. The van der Waals surface area contributed by atoms with Gasteiger partial charge in [-0.25, -0.2) is 5.43 Å². The Morgan fingerprint density at radius 2 is 2.19 bits per heavy atom. The summed E-state index contributed by atoms with van der Waals surface area (Å²) in [6.07, 6.45) is 6.37. The molecule has 1 aromatic rings. The maximum absolute atomic E-state index is 6.05. The number of benzene rings is 1. The topological polar surface area (TPSA) is 41.3 Å². The number of para-hydroxylation sites is 1. The number of nitrogens with zero attached hydrogens (tertiary/aromatic N) is 1. The van der Waals surface area contributed by atoms with Crippen LogP contribution in [-0.4, -0.2) is 12.7 Å². The Morgan fingerprint density at radius 1 is 1.38 bits per heavy atom. The highest BCUT2D eigenvalue weighted by Gasteiger charge is 2.18. The molecule has 2 rings (SSSR count). The van der Waals surface area contributed by atoms with Crippen molar-refractivity contribution in [1.82, 2.24) is 5.43 Å². The van der Waals surface area contributed by atoms with Gasteiger partial charge < -0.3 is 5.73 Å². The van der Waals surface area contributed by atoms with Crippen LogP contribution in [0.2, 0.25) is 0 Å². The van der Waals surface area contributed by atoms with Crippen molar-refractivity contribution in [3.63, 3.8) is 0 Å². The second-order valence-electron chi connectivity index (χ2n) is 4.04. The van der Waals surface area contributed by atoms with Crippen molar-refractivity contribution in [2.75, 3.05) is 11.6 Å². The summed E-state index contributed by atoms with van der Waals surface area (Å²) in [5.41, 5.74) is 11.8. The highest BCUT2D eigenvalue weighted by molar-refractivity contribution is 5.71. The van der Waals surface area contributed by atoms with E-state index < -0.39 is 0 Å². The lowest BCUT2D eigenvalue weighted by atomic mass is 10.1. The van der Waals surface area contributed by atoms with Crippen molar-refractivity contribution < 1.29 is 0 Å². The molecule has 0 amide bonds. The minimum absolute atomic E-state index is 0.0771. The molecule has 1 heterocycles. The second kappa shape index (κ2) is 5.14. The lowest BCUT2D eigenvalue weighted by Gasteiger charge is -2.33. The van der Waals surface area contributed by atoms with Crippen molar-refractivity contribution in [1.29, 1.82) is 0 Å². The van der Waals surface area contributed by atoms with Crippen molar-refractivity contribution in [2.24, 2.45) is 5.73 Å². The maximum atomic E-state index is 6.05. The molecule has 0 saturated heterocycles. The average Bonchev–Trinajstić information content (AvgIpc) is 2.32. The smallest absolute Gasteiger partial charge is 0.111 e. The summed E-state index contributed by atoms with van der Waals surface area (Å²) in [6.45, 7) is 3.15. The van der Waals surface area contributed by atoms with Gasteiger partial charge in [0.05, 0.1) is 5.69 Å². The molecule has 16 heavy (non-hydrogen) atoms. The van der Waals surface area contributed by atoms with E-state index in [2.05, 4.69) is 30.6 Å². The van der Waals surface area contributed by atoms with E-state index in [1.54, 1.807) is 0 Å². The second-order valence-corrected chi connectivity index (χ2v) is 4.04.